The summed E-state index contributed by atoms with van der Waals surface area (Å²) in [5, 5.41) is 0. The summed E-state index contributed by atoms with van der Waals surface area (Å²) in [7, 11) is 0. The molecule has 39 heavy (non-hydrogen) atoms. The Bertz CT molecular complexity index is 1250. The number of ether oxygens (including phenoxy) is 3. The molecule has 0 spiro atoms. The molecule has 1 aromatic heterocycles. The number of carbonyl (C=O) groups is 2. The van der Waals surface area contributed by atoms with Gasteiger partial charge < -0.3 is 28.4 Å². The monoisotopic (exact) mass is 531 g/mol. The maximum absolute atomic E-state index is 13.7. The number of hydrogen-bond acceptors (Lipinski definition) is 7. The van der Waals surface area contributed by atoms with Crippen molar-refractivity contribution in [1.82, 2.24) is 14.7 Å². The van der Waals surface area contributed by atoms with Gasteiger partial charge in [0.1, 0.15) is 12.3 Å². The van der Waals surface area contributed by atoms with Crippen LogP contribution in [0.3, 0.4) is 0 Å². The molecular formula is C30H33N3O6. The highest BCUT2D eigenvalue weighted by molar-refractivity contribution is 5.94. The zero-order valence-corrected chi connectivity index (χ0v) is 21.9. The first-order valence-electron chi connectivity index (χ1n) is 13.1. The average molecular weight is 532 g/mol. The highest BCUT2D eigenvalue weighted by atomic mass is 16.7. The molecule has 0 aliphatic carbocycles. The van der Waals surface area contributed by atoms with Gasteiger partial charge in [-0.05, 0) is 41.5 Å². The van der Waals surface area contributed by atoms with Gasteiger partial charge in [0.2, 0.25) is 18.6 Å². The van der Waals surface area contributed by atoms with E-state index < -0.39 is 0 Å². The Morgan fingerprint density at radius 2 is 1.72 bits per heavy atom. The van der Waals surface area contributed by atoms with Gasteiger partial charge in [0.15, 0.2) is 11.5 Å². The zero-order valence-electron chi connectivity index (χ0n) is 21.9. The molecule has 3 aromatic rings. The second-order valence-corrected chi connectivity index (χ2v) is 9.47. The molecule has 9 nitrogen and oxygen atoms in total. The first kappa shape index (κ1) is 26.5. The fourth-order valence-corrected chi connectivity index (χ4v) is 4.54. The van der Waals surface area contributed by atoms with Crippen LogP contribution in [0.1, 0.15) is 16.9 Å². The third-order valence-corrected chi connectivity index (χ3v) is 6.74. The van der Waals surface area contributed by atoms with Crippen LogP contribution < -0.4 is 9.47 Å². The van der Waals surface area contributed by atoms with Crippen molar-refractivity contribution in [2.75, 3.05) is 52.7 Å². The minimum atomic E-state index is -0.207. The lowest BCUT2D eigenvalue weighted by molar-refractivity contribution is -0.139. The van der Waals surface area contributed by atoms with E-state index in [0.29, 0.717) is 50.1 Å². The van der Waals surface area contributed by atoms with Crippen molar-refractivity contribution in [2.24, 2.45) is 0 Å². The molecule has 204 valence electrons. The second kappa shape index (κ2) is 13.1. The van der Waals surface area contributed by atoms with Gasteiger partial charge in [-0.2, -0.15) is 0 Å². The number of hydrogen-bond donors (Lipinski definition) is 0. The summed E-state index contributed by atoms with van der Waals surface area (Å²) in [6.07, 6.45) is 4.91. The highest BCUT2D eigenvalue weighted by Gasteiger charge is 2.23. The van der Waals surface area contributed by atoms with Gasteiger partial charge in [0, 0.05) is 38.8 Å². The maximum atomic E-state index is 13.7. The SMILES string of the molecule is O=C(/C=C/c1ccccc1)N(CCN1CCOCC1)CC(=O)N(Cc1ccc2c(c1)OCO2)Cc1ccco1. The molecule has 0 atom stereocenters. The summed E-state index contributed by atoms with van der Waals surface area (Å²) in [6.45, 7) is 4.82. The van der Waals surface area contributed by atoms with Crippen LogP contribution in [-0.2, 0) is 27.4 Å². The lowest BCUT2D eigenvalue weighted by atomic mass is 10.1. The van der Waals surface area contributed by atoms with Crippen LogP contribution in [0, 0.1) is 0 Å². The van der Waals surface area contributed by atoms with Gasteiger partial charge in [-0.15, -0.1) is 0 Å². The Kier molecular flexibility index (Phi) is 8.93. The molecule has 5 rings (SSSR count). The van der Waals surface area contributed by atoms with Gasteiger partial charge >= 0.3 is 0 Å². The second-order valence-electron chi connectivity index (χ2n) is 9.47. The molecule has 0 unspecified atom stereocenters. The lowest BCUT2D eigenvalue weighted by Crippen LogP contribution is -2.46. The molecule has 1 saturated heterocycles. The van der Waals surface area contributed by atoms with E-state index in [0.717, 1.165) is 24.2 Å². The van der Waals surface area contributed by atoms with Crippen molar-refractivity contribution < 1.29 is 28.2 Å². The molecule has 3 heterocycles. The van der Waals surface area contributed by atoms with E-state index >= 15 is 0 Å². The maximum Gasteiger partial charge on any atom is 0.247 e. The van der Waals surface area contributed by atoms with E-state index in [1.807, 2.05) is 54.6 Å². The third kappa shape index (κ3) is 7.49. The van der Waals surface area contributed by atoms with Crippen LogP contribution in [0.4, 0.5) is 0 Å². The molecule has 2 aromatic carbocycles. The molecule has 1 fully saturated rings. The zero-order chi connectivity index (χ0) is 26.9. The fraction of sp³-hybridized carbons (Fsp3) is 0.333. The van der Waals surface area contributed by atoms with E-state index in [2.05, 4.69) is 4.90 Å². The predicted octanol–water partition coefficient (Wildman–Crippen LogP) is 3.41. The summed E-state index contributed by atoms with van der Waals surface area (Å²) in [5.74, 6) is 1.63. The number of amides is 2. The Morgan fingerprint density at radius 3 is 2.51 bits per heavy atom. The van der Waals surface area contributed by atoms with Crippen molar-refractivity contribution in [3.63, 3.8) is 0 Å². The topological polar surface area (TPSA) is 84.7 Å². The molecular weight excluding hydrogens is 498 g/mol. The summed E-state index contributed by atoms with van der Waals surface area (Å²) in [4.78, 5) is 32.6. The van der Waals surface area contributed by atoms with Gasteiger partial charge in [-0.3, -0.25) is 14.5 Å². The molecule has 0 bridgehead atoms. The van der Waals surface area contributed by atoms with Gasteiger partial charge in [-0.25, -0.2) is 0 Å². The van der Waals surface area contributed by atoms with E-state index in [1.54, 1.807) is 28.2 Å². The summed E-state index contributed by atoms with van der Waals surface area (Å²) in [5.41, 5.74) is 1.82. The van der Waals surface area contributed by atoms with Gasteiger partial charge in [0.05, 0.1) is 26.0 Å². The number of furan rings is 1. The van der Waals surface area contributed by atoms with Crippen LogP contribution in [0.2, 0.25) is 0 Å². The normalized spacial score (nSPS) is 15.0. The standard InChI is InChI=1S/C30H33N3O6/c34-29(11-9-24-5-2-1-3-6-24)32(13-12-31-14-17-36-18-15-31)22-30(35)33(21-26-7-4-16-37-26)20-25-8-10-27-28(19-25)39-23-38-27/h1-11,16,19H,12-15,17-18,20-23H2/b11-9+. The third-order valence-electron chi connectivity index (χ3n) is 6.74. The molecule has 0 N–H and O–H groups in total. The molecule has 0 radical (unpaired) electrons. The smallest absolute Gasteiger partial charge is 0.247 e. The number of rotatable bonds is 11. The van der Waals surface area contributed by atoms with Crippen molar-refractivity contribution in [2.45, 2.75) is 13.1 Å². The number of carbonyl (C=O) groups excluding carboxylic acids is 2. The molecule has 0 saturated carbocycles. The molecule has 2 amide bonds. The van der Waals surface area contributed by atoms with Crippen LogP contribution in [-0.4, -0.2) is 79.2 Å². The minimum Gasteiger partial charge on any atom is -0.467 e. The number of nitrogens with zero attached hydrogens (tertiary/aromatic N) is 3. The number of fused-ring (bicyclic) bond motifs is 1. The number of morpholine rings is 1. The quantitative estimate of drug-likeness (QED) is 0.351. The van der Waals surface area contributed by atoms with Crippen LogP contribution in [0.15, 0.2) is 77.4 Å². The molecule has 9 heteroatoms. The van der Waals surface area contributed by atoms with E-state index in [1.165, 1.54) is 6.08 Å². The van der Waals surface area contributed by atoms with Crippen molar-refractivity contribution >= 4 is 17.9 Å². The van der Waals surface area contributed by atoms with E-state index in [9.17, 15) is 9.59 Å². The molecule has 2 aliphatic heterocycles. The van der Waals surface area contributed by atoms with Gasteiger partial charge in [-0.1, -0.05) is 36.4 Å². The summed E-state index contributed by atoms with van der Waals surface area (Å²) < 4.78 is 21.9. The fourth-order valence-electron chi connectivity index (χ4n) is 4.54. The van der Waals surface area contributed by atoms with Crippen LogP contribution in [0.5, 0.6) is 11.5 Å². The van der Waals surface area contributed by atoms with E-state index in [4.69, 9.17) is 18.6 Å². The lowest BCUT2D eigenvalue weighted by Gasteiger charge is -2.31. The first-order chi connectivity index (χ1) is 19.1. The van der Waals surface area contributed by atoms with Crippen molar-refractivity contribution in [1.29, 1.82) is 0 Å². The number of benzene rings is 2. The van der Waals surface area contributed by atoms with Crippen LogP contribution in [0.25, 0.3) is 6.08 Å². The predicted molar refractivity (Wildman–Crippen MR) is 145 cm³/mol. The molecule has 2 aliphatic rings. The first-order valence-corrected chi connectivity index (χ1v) is 13.1. The Labute approximate surface area is 228 Å². The van der Waals surface area contributed by atoms with E-state index in [-0.39, 0.29) is 31.7 Å². The summed E-state index contributed by atoms with van der Waals surface area (Å²) >= 11 is 0. The Balaban J connectivity index is 1.31. The van der Waals surface area contributed by atoms with Crippen LogP contribution >= 0.6 is 0 Å². The summed E-state index contributed by atoms with van der Waals surface area (Å²) in [6, 6.07) is 18.9. The Morgan fingerprint density at radius 1 is 0.897 bits per heavy atom. The Hall–Kier alpha value is -4.08. The van der Waals surface area contributed by atoms with Crippen molar-refractivity contribution in [3.8, 4) is 11.5 Å². The average Bonchev–Trinajstić information content (AvgIpc) is 3.66. The van der Waals surface area contributed by atoms with Crippen molar-refractivity contribution in [3.05, 3.63) is 89.9 Å². The minimum absolute atomic E-state index is 0.0481. The highest BCUT2D eigenvalue weighted by Crippen LogP contribution is 2.33. The largest absolute Gasteiger partial charge is 0.467 e. The van der Waals surface area contributed by atoms with Gasteiger partial charge in [0.25, 0.3) is 0 Å².